The molecule has 1 N–H and O–H groups in total. The first-order valence-electron chi connectivity index (χ1n) is 11.3. The van der Waals surface area contributed by atoms with Crippen molar-refractivity contribution < 1.29 is 23.9 Å². The SMILES string of the molecule is CCOC(=O)c1cc2n(n1)CC(C)(C(=O)NCCC(C)C)N(c1ccc(OCC)cc1)C2=O. The third-order valence-corrected chi connectivity index (χ3v) is 5.54. The number of carbonyl (C=O) groups excluding carboxylic acids is 3. The van der Waals surface area contributed by atoms with Crippen LogP contribution in [-0.4, -0.2) is 52.9 Å². The summed E-state index contributed by atoms with van der Waals surface area (Å²) < 4.78 is 12.0. The third-order valence-electron chi connectivity index (χ3n) is 5.54. The van der Waals surface area contributed by atoms with E-state index in [1.165, 1.54) is 15.6 Å². The average molecular weight is 457 g/mol. The zero-order valence-corrected chi connectivity index (χ0v) is 19.9. The summed E-state index contributed by atoms with van der Waals surface area (Å²) in [5, 5.41) is 7.23. The number of aromatic nitrogens is 2. The van der Waals surface area contributed by atoms with Crippen molar-refractivity contribution in [3.05, 3.63) is 41.7 Å². The van der Waals surface area contributed by atoms with Gasteiger partial charge in [-0.15, -0.1) is 0 Å². The zero-order chi connectivity index (χ0) is 24.2. The number of rotatable bonds is 9. The first-order valence-corrected chi connectivity index (χ1v) is 11.3. The molecule has 1 aliphatic heterocycles. The summed E-state index contributed by atoms with van der Waals surface area (Å²) in [5.74, 6) is -0.219. The molecular weight excluding hydrogens is 424 g/mol. The van der Waals surface area contributed by atoms with Crippen LogP contribution in [0.25, 0.3) is 0 Å². The number of esters is 1. The highest BCUT2D eigenvalue weighted by Gasteiger charge is 2.49. The Labute approximate surface area is 194 Å². The molecule has 1 aliphatic rings. The van der Waals surface area contributed by atoms with Crippen LogP contribution in [0.3, 0.4) is 0 Å². The van der Waals surface area contributed by atoms with E-state index in [0.717, 1.165) is 6.42 Å². The Morgan fingerprint density at radius 1 is 1.18 bits per heavy atom. The van der Waals surface area contributed by atoms with Crippen molar-refractivity contribution >= 4 is 23.5 Å². The molecule has 0 bridgehead atoms. The van der Waals surface area contributed by atoms with Gasteiger partial charge >= 0.3 is 5.97 Å². The van der Waals surface area contributed by atoms with E-state index < -0.39 is 17.4 Å². The van der Waals surface area contributed by atoms with Gasteiger partial charge in [-0.05, 0) is 57.4 Å². The second kappa shape index (κ2) is 10.1. The molecule has 1 aromatic carbocycles. The van der Waals surface area contributed by atoms with Crippen LogP contribution in [0.1, 0.15) is 62.0 Å². The molecule has 9 heteroatoms. The molecule has 178 valence electrons. The van der Waals surface area contributed by atoms with Crippen LogP contribution in [-0.2, 0) is 16.1 Å². The van der Waals surface area contributed by atoms with E-state index in [1.807, 2.05) is 6.92 Å². The number of anilines is 1. The van der Waals surface area contributed by atoms with Crippen molar-refractivity contribution in [2.75, 3.05) is 24.7 Å². The predicted octanol–water partition coefficient (Wildman–Crippen LogP) is 3.04. The minimum Gasteiger partial charge on any atom is -0.494 e. The van der Waals surface area contributed by atoms with Gasteiger partial charge in [0.15, 0.2) is 5.69 Å². The number of nitrogens with one attached hydrogen (secondary N) is 1. The van der Waals surface area contributed by atoms with Crippen molar-refractivity contribution in [3.8, 4) is 5.75 Å². The maximum Gasteiger partial charge on any atom is 0.358 e. The maximum atomic E-state index is 13.6. The Morgan fingerprint density at radius 3 is 2.48 bits per heavy atom. The minimum absolute atomic E-state index is 0.0382. The molecule has 0 radical (unpaired) electrons. The van der Waals surface area contributed by atoms with Crippen molar-refractivity contribution in [2.45, 2.75) is 53.1 Å². The summed E-state index contributed by atoms with van der Waals surface area (Å²) in [6.45, 7) is 10.8. The standard InChI is InChI=1S/C24H32N4O5/c1-6-32-18-10-8-17(9-11-18)28-21(29)20-14-19(22(30)33-7-2)26-27(20)15-24(28,5)23(31)25-13-12-16(3)4/h8-11,14,16H,6-7,12-13,15H2,1-5H3,(H,25,31). The van der Waals surface area contributed by atoms with Crippen molar-refractivity contribution in [2.24, 2.45) is 5.92 Å². The number of amides is 2. The molecule has 0 fully saturated rings. The lowest BCUT2D eigenvalue weighted by atomic mass is 9.93. The van der Waals surface area contributed by atoms with Gasteiger partial charge in [0, 0.05) is 18.3 Å². The molecule has 1 aromatic heterocycles. The third kappa shape index (κ3) is 5.02. The molecule has 0 saturated carbocycles. The molecule has 0 saturated heterocycles. The summed E-state index contributed by atoms with van der Waals surface area (Å²) in [6.07, 6.45) is 0.818. The fraction of sp³-hybridized carbons (Fsp3) is 0.500. The topological polar surface area (TPSA) is 103 Å². The lowest BCUT2D eigenvalue weighted by molar-refractivity contribution is -0.126. The lowest BCUT2D eigenvalue weighted by Crippen LogP contribution is -2.64. The van der Waals surface area contributed by atoms with Gasteiger partial charge in [-0.3, -0.25) is 19.2 Å². The van der Waals surface area contributed by atoms with Gasteiger partial charge < -0.3 is 14.8 Å². The second-order valence-electron chi connectivity index (χ2n) is 8.57. The van der Waals surface area contributed by atoms with E-state index in [0.29, 0.717) is 30.5 Å². The number of nitrogens with zero attached hydrogens (tertiary/aromatic N) is 3. The first kappa shape index (κ1) is 24.3. The number of carbonyl (C=O) groups is 3. The minimum atomic E-state index is -1.26. The molecule has 2 amide bonds. The largest absolute Gasteiger partial charge is 0.494 e. The summed E-state index contributed by atoms with van der Waals surface area (Å²) in [5.41, 5.74) is -0.447. The Hall–Kier alpha value is -3.36. The monoisotopic (exact) mass is 456 g/mol. The molecule has 3 rings (SSSR count). The first-order chi connectivity index (χ1) is 15.7. The summed E-state index contributed by atoms with van der Waals surface area (Å²) >= 11 is 0. The Morgan fingerprint density at radius 2 is 1.88 bits per heavy atom. The quantitative estimate of drug-likeness (QED) is 0.582. The Balaban J connectivity index is 2.01. The zero-order valence-electron chi connectivity index (χ0n) is 19.9. The summed E-state index contributed by atoms with van der Waals surface area (Å²) in [6, 6.07) is 8.44. The van der Waals surface area contributed by atoms with Crippen LogP contribution in [0, 0.1) is 5.92 Å². The normalized spacial score (nSPS) is 17.6. The van der Waals surface area contributed by atoms with Crippen molar-refractivity contribution in [1.29, 1.82) is 0 Å². The van der Waals surface area contributed by atoms with Gasteiger partial charge in [-0.25, -0.2) is 4.79 Å². The van der Waals surface area contributed by atoms with Gasteiger partial charge in [0.1, 0.15) is 17.0 Å². The van der Waals surface area contributed by atoms with Crippen LogP contribution in [0.15, 0.2) is 30.3 Å². The number of hydrogen-bond acceptors (Lipinski definition) is 6. The fourth-order valence-electron chi connectivity index (χ4n) is 3.81. The van der Waals surface area contributed by atoms with Crippen molar-refractivity contribution in [1.82, 2.24) is 15.1 Å². The number of hydrogen-bond donors (Lipinski definition) is 1. The lowest BCUT2D eigenvalue weighted by Gasteiger charge is -2.43. The molecule has 1 atom stereocenters. The molecule has 33 heavy (non-hydrogen) atoms. The average Bonchev–Trinajstić information content (AvgIpc) is 3.19. The summed E-state index contributed by atoms with van der Waals surface area (Å²) in [4.78, 5) is 40.7. The Bertz CT molecular complexity index is 1010. The van der Waals surface area contributed by atoms with Gasteiger partial charge in [-0.1, -0.05) is 13.8 Å². The number of fused-ring (bicyclic) bond motifs is 1. The van der Waals surface area contributed by atoms with Crippen LogP contribution in [0.2, 0.25) is 0 Å². The van der Waals surface area contributed by atoms with E-state index in [-0.39, 0.29) is 30.4 Å². The van der Waals surface area contributed by atoms with E-state index in [4.69, 9.17) is 9.47 Å². The predicted molar refractivity (Wildman–Crippen MR) is 123 cm³/mol. The molecule has 0 aliphatic carbocycles. The molecule has 9 nitrogen and oxygen atoms in total. The van der Waals surface area contributed by atoms with E-state index in [1.54, 1.807) is 38.1 Å². The summed E-state index contributed by atoms with van der Waals surface area (Å²) in [7, 11) is 0. The van der Waals surface area contributed by atoms with Gasteiger partial charge in [0.05, 0.1) is 19.8 Å². The van der Waals surface area contributed by atoms with Crippen LogP contribution >= 0.6 is 0 Å². The molecule has 1 unspecified atom stereocenters. The Kier molecular flexibility index (Phi) is 7.40. The highest BCUT2D eigenvalue weighted by molar-refractivity contribution is 6.12. The maximum absolute atomic E-state index is 13.6. The van der Waals surface area contributed by atoms with Gasteiger partial charge in [0.25, 0.3) is 5.91 Å². The van der Waals surface area contributed by atoms with Crippen LogP contribution in [0.4, 0.5) is 5.69 Å². The highest BCUT2D eigenvalue weighted by Crippen LogP contribution is 2.34. The van der Waals surface area contributed by atoms with E-state index >= 15 is 0 Å². The molecular formula is C24H32N4O5. The fourth-order valence-corrected chi connectivity index (χ4v) is 3.81. The molecule has 2 aromatic rings. The number of benzene rings is 1. The van der Waals surface area contributed by atoms with E-state index in [9.17, 15) is 14.4 Å². The molecule has 0 spiro atoms. The highest BCUT2D eigenvalue weighted by atomic mass is 16.5. The van der Waals surface area contributed by atoms with Crippen LogP contribution < -0.4 is 15.0 Å². The van der Waals surface area contributed by atoms with Crippen molar-refractivity contribution in [3.63, 3.8) is 0 Å². The smallest absolute Gasteiger partial charge is 0.358 e. The van der Waals surface area contributed by atoms with Gasteiger partial charge in [-0.2, -0.15) is 5.10 Å². The number of ether oxygens (including phenoxy) is 2. The van der Waals surface area contributed by atoms with E-state index in [2.05, 4.69) is 24.3 Å². The van der Waals surface area contributed by atoms with Gasteiger partial charge in [0.2, 0.25) is 5.91 Å². The second-order valence-corrected chi connectivity index (χ2v) is 8.57. The molecule has 2 heterocycles. The van der Waals surface area contributed by atoms with Crippen LogP contribution in [0.5, 0.6) is 5.75 Å².